The van der Waals surface area contributed by atoms with E-state index in [2.05, 4.69) is 10.3 Å². The zero-order valence-electron chi connectivity index (χ0n) is 15.0. The number of ether oxygens (including phenoxy) is 1. The second-order valence-electron chi connectivity index (χ2n) is 6.20. The lowest BCUT2D eigenvalue weighted by atomic mass is 10.1. The number of nitrogens with zero attached hydrogens (tertiary/aromatic N) is 2. The van der Waals surface area contributed by atoms with E-state index < -0.39 is 0 Å². The van der Waals surface area contributed by atoms with E-state index >= 15 is 0 Å². The molecule has 7 heteroatoms. The largest absolute Gasteiger partial charge is 0.495 e. The van der Waals surface area contributed by atoms with Crippen LogP contribution < -0.4 is 10.1 Å². The monoisotopic (exact) mass is 403 g/mol. The molecule has 5 nitrogen and oxygen atoms in total. The highest BCUT2D eigenvalue weighted by Crippen LogP contribution is 2.27. The van der Waals surface area contributed by atoms with Crippen LogP contribution in [0.3, 0.4) is 0 Å². The number of pyridine rings is 1. The van der Waals surface area contributed by atoms with E-state index in [4.69, 9.17) is 27.9 Å². The molecule has 0 bridgehead atoms. The zero-order chi connectivity index (χ0) is 19.4. The molecular weight excluding hydrogens is 385 g/mol. The standard InChI is InChI=1S/C20H19Cl2N3O2/c1-25(11-14-9-13-5-3-4-6-16(13)24-20(14)22)12-19(26)23-17-10-15(21)7-8-18(17)27-2/h3-10H,11-12H2,1-2H3,(H,23,26). The number of fused-ring (bicyclic) bond motifs is 1. The Labute approximate surface area is 167 Å². The number of para-hydroxylation sites is 1. The molecule has 1 N–H and O–H groups in total. The third-order valence-electron chi connectivity index (χ3n) is 4.04. The first-order valence-corrected chi connectivity index (χ1v) is 9.08. The van der Waals surface area contributed by atoms with Crippen LogP contribution in [0.25, 0.3) is 10.9 Å². The van der Waals surface area contributed by atoms with Gasteiger partial charge in [-0.3, -0.25) is 9.69 Å². The third kappa shape index (κ3) is 4.89. The Hall–Kier alpha value is -2.34. The number of carbonyl (C=O) groups is 1. The van der Waals surface area contributed by atoms with Gasteiger partial charge in [0.2, 0.25) is 5.91 Å². The summed E-state index contributed by atoms with van der Waals surface area (Å²) in [6, 6.07) is 14.9. The molecule has 0 aliphatic heterocycles. The van der Waals surface area contributed by atoms with Crippen LogP contribution in [0, 0.1) is 0 Å². The van der Waals surface area contributed by atoms with Gasteiger partial charge in [-0.05, 0) is 37.4 Å². The molecule has 0 saturated heterocycles. The molecule has 3 rings (SSSR count). The number of methoxy groups -OCH3 is 1. The van der Waals surface area contributed by atoms with Crippen molar-refractivity contribution < 1.29 is 9.53 Å². The molecule has 0 atom stereocenters. The minimum Gasteiger partial charge on any atom is -0.495 e. The van der Waals surface area contributed by atoms with Gasteiger partial charge in [-0.15, -0.1) is 0 Å². The number of benzene rings is 2. The molecule has 27 heavy (non-hydrogen) atoms. The molecule has 1 amide bonds. The van der Waals surface area contributed by atoms with Gasteiger partial charge in [0.25, 0.3) is 0 Å². The van der Waals surface area contributed by atoms with Crippen molar-refractivity contribution in [2.75, 3.05) is 26.0 Å². The number of aromatic nitrogens is 1. The fraction of sp³-hybridized carbons (Fsp3) is 0.200. The summed E-state index contributed by atoms with van der Waals surface area (Å²) in [7, 11) is 3.39. The summed E-state index contributed by atoms with van der Waals surface area (Å²) in [5.74, 6) is 0.375. The van der Waals surface area contributed by atoms with Gasteiger partial charge >= 0.3 is 0 Å². The van der Waals surface area contributed by atoms with E-state index in [1.54, 1.807) is 25.3 Å². The summed E-state index contributed by atoms with van der Waals surface area (Å²) in [6.07, 6.45) is 0. The fourth-order valence-corrected chi connectivity index (χ4v) is 3.18. The number of anilines is 1. The number of hydrogen-bond donors (Lipinski definition) is 1. The zero-order valence-corrected chi connectivity index (χ0v) is 16.5. The van der Waals surface area contributed by atoms with Gasteiger partial charge < -0.3 is 10.1 Å². The summed E-state index contributed by atoms with van der Waals surface area (Å²) in [6.45, 7) is 0.676. The number of rotatable bonds is 6. The fourth-order valence-electron chi connectivity index (χ4n) is 2.81. The maximum atomic E-state index is 12.4. The lowest BCUT2D eigenvalue weighted by molar-refractivity contribution is -0.117. The molecule has 3 aromatic rings. The van der Waals surface area contributed by atoms with E-state index in [1.165, 1.54) is 0 Å². The van der Waals surface area contributed by atoms with Crippen molar-refractivity contribution in [1.29, 1.82) is 0 Å². The highest BCUT2D eigenvalue weighted by Gasteiger charge is 2.13. The van der Waals surface area contributed by atoms with Gasteiger partial charge in [0.05, 0.1) is 24.9 Å². The normalized spacial score (nSPS) is 11.0. The van der Waals surface area contributed by atoms with Gasteiger partial charge in [0, 0.05) is 22.5 Å². The van der Waals surface area contributed by atoms with Gasteiger partial charge in [-0.1, -0.05) is 41.4 Å². The first-order valence-electron chi connectivity index (χ1n) is 8.32. The Morgan fingerprint density at radius 1 is 1.19 bits per heavy atom. The molecule has 0 saturated carbocycles. The van der Waals surface area contributed by atoms with E-state index in [0.717, 1.165) is 16.5 Å². The summed E-state index contributed by atoms with van der Waals surface area (Å²) >= 11 is 12.3. The predicted molar refractivity (Wildman–Crippen MR) is 110 cm³/mol. The van der Waals surface area contributed by atoms with Gasteiger partial charge in [-0.25, -0.2) is 4.98 Å². The summed E-state index contributed by atoms with van der Waals surface area (Å²) in [5, 5.41) is 4.80. The average molecular weight is 404 g/mol. The minimum atomic E-state index is -0.178. The number of hydrogen-bond acceptors (Lipinski definition) is 4. The van der Waals surface area contributed by atoms with Crippen LogP contribution in [-0.4, -0.2) is 36.5 Å². The Morgan fingerprint density at radius 3 is 2.74 bits per heavy atom. The molecule has 140 valence electrons. The highest BCUT2D eigenvalue weighted by molar-refractivity contribution is 6.31. The molecule has 0 unspecified atom stereocenters. The molecule has 1 heterocycles. The molecule has 0 aliphatic rings. The number of carbonyl (C=O) groups excluding carboxylic acids is 1. The third-order valence-corrected chi connectivity index (χ3v) is 4.60. The quantitative estimate of drug-likeness (QED) is 0.610. The Bertz CT molecular complexity index is 979. The van der Waals surface area contributed by atoms with Crippen molar-refractivity contribution in [3.63, 3.8) is 0 Å². The summed E-state index contributed by atoms with van der Waals surface area (Å²) in [4.78, 5) is 18.7. The van der Waals surface area contributed by atoms with E-state index in [1.807, 2.05) is 42.3 Å². The topological polar surface area (TPSA) is 54.5 Å². The maximum Gasteiger partial charge on any atom is 0.238 e. The van der Waals surface area contributed by atoms with Crippen LogP contribution in [0.4, 0.5) is 5.69 Å². The molecule has 0 radical (unpaired) electrons. The predicted octanol–water partition coefficient (Wildman–Crippen LogP) is 4.62. The minimum absolute atomic E-state index is 0.178. The van der Waals surface area contributed by atoms with E-state index in [9.17, 15) is 4.79 Å². The summed E-state index contributed by atoms with van der Waals surface area (Å²) in [5.41, 5.74) is 2.25. The molecule has 1 aromatic heterocycles. The van der Waals surface area contributed by atoms with Crippen molar-refractivity contribution >= 4 is 45.7 Å². The second kappa shape index (κ2) is 8.57. The maximum absolute atomic E-state index is 12.4. The Balaban J connectivity index is 1.67. The average Bonchev–Trinajstić information content (AvgIpc) is 2.62. The van der Waals surface area contributed by atoms with Crippen LogP contribution in [0.1, 0.15) is 5.56 Å². The number of nitrogens with one attached hydrogen (secondary N) is 1. The molecule has 0 fully saturated rings. The van der Waals surface area contributed by atoms with Crippen LogP contribution in [0.15, 0.2) is 48.5 Å². The second-order valence-corrected chi connectivity index (χ2v) is 6.99. The van der Waals surface area contributed by atoms with Crippen molar-refractivity contribution in [1.82, 2.24) is 9.88 Å². The number of likely N-dealkylation sites (N-methyl/N-ethyl adjacent to an activating group) is 1. The smallest absolute Gasteiger partial charge is 0.238 e. The van der Waals surface area contributed by atoms with Gasteiger partial charge in [-0.2, -0.15) is 0 Å². The molecule has 0 aliphatic carbocycles. The highest BCUT2D eigenvalue weighted by atomic mass is 35.5. The molecule has 0 spiro atoms. The first-order chi connectivity index (χ1) is 13.0. The van der Waals surface area contributed by atoms with Gasteiger partial charge in [0.1, 0.15) is 10.9 Å². The number of halogens is 2. The van der Waals surface area contributed by atoms with Crippen LogP contribution in [0.2, 0.25) is 10.2 Å². The Morgan fingerprint density at radius 2 is 1.96 bits per heavy atom. The summed E-state index contributed by atoms with van der Waals surface area (Å²) < 4.78 is 5.25. The van der Waals surface area contributed by atoms with Gasteiger partial charge in [0.15, 0.2) is 0 Å². The van der Waals surface area contributed by atoms with Crippen LogP contribution in [0.5, 0.6) is 5.75 Å². The van der Waals surface area contributed by atoms with Crippen molar-refractivity contribution in [2.45, 2.75) is 6.54 Å². The van der Waals surface area contributed by atoms with Crippen LogP contribution in [-0.2, 0) is 11.3 Å². The molecular formula is C20H19Cl2N3O2. The lowest BCUT2D eigenvalue weighted by Gasteiger charge is -2.18. The SMILES string of the molecule is COc1ccc(Cl)cc1NC(=O)CN(C)Cc1cc2ccccc2nc1Cl. The van der Waals surface area contributed by atoms with E-state index in [0.29, 0.717) is 28.2 Å². The van der Waals surface area contributed by atoms with Crippen LogP contribution >= 0.6 is 23.2 Å². The lowest BCUT2D eigenvalue weighted by Crippen LogP contribution is -2.30. The van der Waals surface area contributed by atoms with Crippen molar-refractivity contribution in [3.8, 4) is 5.75 Å². The Kier molecular flexibility index (Phi) is 6.16. The first kappa shape index (κ1) is 19.4. The van der Waals surface area contributed by atoms with Crippen molar-refractivity contribution in [2.24, 2.45) is 0 Å². The number of amides is 1. The van der Waals surface area contributed by atoms with Crippen molar-refractivity contribution in [3.05, 3.63) is 64.3 Å². The van der Waals surface area contributed by atoms with E-state index in [-0.39, 0.29) is 12.5 Å². The molecule has 2 aromatic carbocycles.